The van der Waals surface area contributed by atoms with Crippen LogP contribution in [0.5, 0.6) is 0 Å². The molecule has 0 saturated carbocycles. The molecule has 3 aromatic heterocycles. The molecule has 0 spiro atoms. The van der Waals surface area contributed by atoms with Gasteiger partial charge in [0.1, 0.15) is 11.4 Å². The number of alkyl halides is 3. The Morgan fingerprint density at radius 2 is 1.93 bits per heavy atom. The summed E-state index contributed by atoms with van der Waals surface area (Å²) in [5.74, 6) is 0.456. The van der Waals surface area contributed by atoms with E-state index in [-0.39, 0.29) is 17.0 Å². The summed E-state index contributed by atoms with van der Waals surface area (Å²) >= 11 is 5.05. The van der Waals surface area contributed by atoms with Crippen molar-refractivity contribution in [2.75, 3.05) is 4.72 Å². The van der Waals surface area contributed by atoms with Crippen LogP contribution < -0.4 is 10.5 Å². The fraction of sp³-hybridized carbons (Fsp3) is 0.200. The number of nitrogens with one attached hydrogen (secondary N) is 1. The first-order valence-electron chi connectivity index (χ1n) is 13.3. The van der Waals surface area contributed by atoms with Crippen molar-refractivity contribution in [3.05, 3.63) is 97.7 Å². The second-order valence-corrected chi connectivity index (χ2v) is 13.4. The fourth-order valence-electron chi connectivity index (χ4n) is 4.79. The molecule has 0 saturated heterocycles. The summed E-state index contributed by atoms with van der Waals surface area (Å²) in [6.07, 6.45) is 2.82. The molecule has 5 rings (SSSR count). The maximum atomic E-state index is 13.1. The molecule has 8 nitrogen and oxygen atoms in total. The summed E-state index contributed by atoms with van der Waals surface area (Å²) in [6.45, 7) is 4.25. The molecule has 3 N–H and O–H groups in total. The second kappa shape index (κ2) is 12.3. The van der Waals surface area contributed by atoms with Crippen LogP contribution in [0.25, 0.3) is 28.4 Å². The average molecular weight is 708 g/mol. The molecule has 44 heavy (non-hydrogen) atoms. The summed E-state index contributed by atoms with van der Waals surface area (Å²) in [7, 11) is -5.65. The van der Waals surface area contributed by atoms with E-state index < -0.39 is 21.4 Å². The van der Waals surface area contributed by atoms with E-state index in [1.807, 2.05) is 48.1 Å². The Hall–Kier alpha value is -3.88. The first-order valence-corrected chi connectivity index (χ1v) is 16.4. The van der Waals surface area contributed by atoms with Crippen LogP contribution in [-0.2, 0) is 34.2 Å². The lowest BCUT2D eigenvalue weighted by molar-refractivity contribution is -0.114. The molecule has 14 heteroatoms. The number of aryl methyl sites for hydroxylation is 2. The number of rotatable bonds is 10. The number of furan rings is 1. The standard InChI is InChI=1S/C30H26BrF3N4O4S2/c1-3-26-36-17(2)24(15-19(29(35)39)14-20-7-6-12-43-20)38(26)16-18-10-11-25-22(13-18)27(31)28(42-25)21-8-4-5-9-23(21)37-44(40,41)30(32,33)34/h4-13,15,37H,3,14,16H2,1-2H3,(H2,35,39)/b19-15+. The van der Waals surface area contributed by atoms with E-state index in [2.05, 4.69) is 15.9 Å². The van der Waals surface area contributed by atoms with Crippen LogP contribution in [0.15, 0.2) is 74.4 Å². The molecule has 0 bridgehead atoms. The van der Waals surface area contributed by atoms with Crippen LogP contribution in [0.1, 0.15) is 34.6 Å². The Labute approximate surface area is 263 Å². The summed E-state index contributed by atoms with van der Waals surface area (Å²) in [5, 5.41) is 2.57. The second-order valence-electron chi connectivity index (χ2n) is 9.90. The molecule has 0 radical (unpaired) electrons. The number of anilines is 1. The number of imidazole rings is 1. The van der Waals surface area contributed by atoms with Gasteiger partial charge in [0.2, 0.25) is 5.91 Å². The van der Waals surface area contributed by atoms with Gasteiger partial charge in [-0.2, -0.15) is 21.6 Å². The molecule has 0 fully saturated rings. The van der Waals surface area contributed by atoms with Crippen LogP contribution in [-0.4, -0.2) is 29.4 Å². The monoisotopic (exact) mass is 706 g/mol. The van der Waals surface area contributed by atoms with Gasteiger partial charge in [-0.05, 0) is 70.2 Å². The number of aromatic nitrogens is 2. The molecule has 1 amide bonds. The average Bonchev–Trinajstić information content (AvgIpc) is 3.67. The summed E-state index contributed by atoms with van der Waals surface area (Å²) in [4.78, 5) is 18.1. The summed E-state index contributed by atoms with van der Waals surface area (Å²) in [6, 6.07) is 15.0. The van der Waals surface area contributed by atoms with Gasteiger partial charge < -0.3 is 14.7 Å². The van der Waals surface area contributed by atoms with Crippen molar-refractivity contribution in [3.8, 4) is 11.3 Å². The minimum Gasteiger partial charge on any atom is -0.455 e. The van der Waals surface area contributed by atoms with Gasteiger partial charge in [0.05, 0.1) is 21.5 Å². The molecular formula is C30H26BrF3N4O4S2. The lowest BCUT2D eigenvalue weighted by Gasteiger charge is -2.13. The van der Waals surface area contributed by atoms with E-state index in [0.717, 1.165) is 27.7 Å². The number of carbonyl (C=O) groups excluding carboxylic acids is 1. The molecule has 3 heterocycles. The predicted octanol–water partition coefficient (Wildman–Crippen LogP) is 7.41. The minimum atomic E-state index is -5.65. The Morgan fingerprint density at radius 1 is 1.18 bits per heavy atom. The van der Waals surface area contributed by atoms with Crippen LogP contribution in [0.4, 0.5) is 18.9 Å². The molecule has 0 aliphatic heterocycles. The van der Waals surface area contributed by atoms with E-state index >= 15 is 0 Å². The van der Waals surface area contributed by atoms with Gasteiger partial charge in [-0.15, -0.1) is 11.3 Å². The molecule has 2 aromatic carbocycles. The van der Waals surface area contributed by atoms with Gasteiger partial charge >= 0.3 is 15.5 Å². The normalized spacial score (nSPS) is 12.6. The van der Waals surface area contributed by atoms with Gasteiger partial charge in [0, 0.05) is 40.8 Å². The zero-order valence-electron chi connectivity index (χ0n) is 23.4. The highest BCUT2D eigenvalue weighted by Crippen LogP contribution is 2.42. The number of fused-ring (bicyclic) bond motifs is 1. The van der Waals surface area contributed by atoms with Crippen molar-refractivity contribution in [2.45, 2.75) is 38.7 Å². The van der Waals surface area contributed by atoms with Crippen molar-refractivity contribution < 1.29 is 30.8 Å². The van der Waals surface area contributed by atoms with Crippen LogP contribution in [0.3, 0.4) is 0 Å². The number of halogens is 4. The zero-order valence-corrected chi connectivity index (χ0v) is 26.6. The van der Waals surface area contributed by atoms with Crippen molar-refractivity contribution in [3.63, 3.8) is 0 Å². The van der Waals surface area contributed by atoms with Crippen molar-refractivity contribution in [1.82, 2.24) is 9.55 Å². The third kappa shape index (κ3) is 6.33. The predicted molar refractivity (Wildman–Crippen MR) is 169 cm³/mol. The van der Waals surface area contributed by atoms with Crippen molar-refractivity contribution >= 4 is 65.9 Å². The maximum Gasteiger partial charge on any atom is 0.516 e. The molecule has 230 valence electrons. The Bertz CT molecular complexity index is 2000. The fourth-order valence-corrected chi connectivity index (χ4v) is 6.71. The number of carbonyl (C=O) groups is 1. The van der Waals surface area contributed by atoms with Crippen LogP contribution in [0.2, 0.25) is 0 Å². The first-order chi connectivity index (χ1) is 20.8. The number of benzene rings is 2. The van der Waals surface area contributed by atoms with Gasteiger partial charge in [0.25, 0.3) is 0 Å². The SMILES string of the molecule is CCc1nc(C)c(/C=C(\Cc2cccs2)C(N)=O)n1Cc1ccc2oc(-c3ccccc3NS(=O)(=O)C(F)(F)F)c(Br)c2c1. The van der Waals surface area contributed by atoms with E-state index in [1.165, 1.54) is 29.5 Å². The quantitative estimate of drug-likeness (QED) is 0.147. The summed E-state index contributed by atoms with van der Waals surface area (Å²) < 4.78 is 73.0. The summed E-state index contributed by atoms with van der Waals surface area (Å²) in [5.41, 5.74) is 3.36. The third-order valence-corrected chi connectivity index (χ3v) is 9.67. The molecule has 5 aromatic rings. The largest absolute Gasteiger partial charge is 0.516 e. The van der Waals surface area contributed by atoms with E-state index in [4.69, 9.17) is 15.1 Å². The minimum absolute atomic E-state index is 0.126. The number of para-hydroxylation sites is 1. The number of hydrogen-bond donors (Lipinski definition) is 2. The lowest BCUT2D eigenvalue weighted by atomic mass is 10.1. The van der Waals surface area contributed by atoms with Crippen molar-refractivity contribution in [2.24, 2.45) is 5.73 Å². The number of primary amides is 1. The smallest absolute Gasteiger partial charge is 0.455 e. The van der Waals surface area contributed by atoms with E-state index in [0.29, 0.717) is 40.4 Å². The van der Waals surface area contributed by atoms with Gasteiger partial charge in [-0.3, -0.25) is 9.52 Å². The van der Waals surface area contributed by atoms with E-state index in [1.54, 1.807) is 22.9 Å². The zero-order chi connectivity index (χ0) is 31.8. The maximum absolute atomic E-state index is 13.1. The highest BCUT2D eigenvalue weighted by atomic mass is 79.9. The molecule has 0 aliphatic carbocycles. The topological polar surface area (TPSA) is 120 Å². The highest BCUT2D eigenvalue weighted by Gasteiger charge is 2.46. The van der Waals surface area contributed by atoms with E-state index in [9.17, 15) is 26.4 Å². The van der Waals surface area contributed by atoms with Crippen molar-refractivity contribution in [1.29, 1.82) is 0 Å². The highest BCUT2D eigenvalue weighted by molar-refractivity contribution is 9.10. The number of amides is 1. The number of thiophene rings is 1. The Kier molecular flexibility index (Phi) is 8.78. The van der Waals surface area contributed by atoms with Crippen LogP contribution in [0, 0.1) is 6.92 Å². The lowest BCUT2D eigenvalue weighted by Crippen LogP contribution is -2.30. The molecular weight excluding hydrogens is 681 g/mol. The van der Waals surface area contributed by atoms with Gasteiger partial charge in [0.15, 0.2) is 5.76 Å². The van der Waals surface area contributed by atoms with Crippen LogP contribution >= 0.6 is 27.3 Å². The van der Waals surface area contributed by atoms with Gasteiger partial charge in [-0.1, -0.05) is 31.2 Å². The molecule has 0 atom stereocenters. The Morgan fingerprint density at radius 3 is 2.59 bits per heavy atom. The third-order valence-electron chi connectivity index (χ3n) is 6.91. The number of nitrogens with two attached hydrogens (primary N) is 1. The molecule has 0 unspecified atom stereocenters. The number of sulfonamides is 1. The Balaban J connectivity index is 1.53. The number of nitrogens with zero attached hydrogens (tertiary/aromatic N) is 2. The van der Waals surface area contributed by atoms with Gasteiger partial charge in [-0.25, -0.2) is 4.98 Å². The molecule has 0 aliphatic rings. The first kappa shape index (κ1) is 31.5. The number of hydrogen-bond acceptors (Lipinski definition) is 6.